The lowest BCUT2D eigenvalue weighted by atomic mass is 9.89. The molecule has 0 aliphatic carbocycles. The number of aromatic amines is 1. The molecule has 2 aliphatic rings. The second-order valence-electron chi connectivity index (χ2n) is 6.54. The van der Waals surface area contributed by atoms with Gasteiger partial charge in [0.25, 0.3) is 5.91 Å². The highest BCUT2D eigenvalue weighted by Crippen LogP contribution is 2.30. The SMILES string of the molecule is CCc1[nH]nc(C(=O)N2CCC3(CC2)CN(C)C(=O)CO3)c1C. The molecule has 0 bridgehead atoms. The molecule has 1 aromatic heterocycles. The minimum atomic E-state index is -0.297. The van der Waals surface area contributed by atoms with Crippen LogP contribution < -0.4 is 0 Å². The van der Waals surface area contributed by atoms with E-state index in [0.717, 1.165) is 30.5 Å². The molecule has 7 nitrogen and oxygen atoms in total. The zero-order valence-electron chi connectivity index (χ0n) is 14.0. The molecule has 7 heteroatoms. The van der Waals surface area contributed by atoms with Crippen LogP contribution in [0, 0.1) is 6.92 Å². The number of likely N-dealkylation sites (N-methyl/N-ethyl adjacent to an activating group) is 1. The fraction of sp³-hybridized carbons (Fsp3) is 0.688. The normalized spacial score (nSPS) is 21.1. The summed E-state index contributed by atoms with van der Waals surface area (Å²) < 4.78 is 5.82. The highest BCUT2D eigenvalue weighted by Gasteiger charge is 2.42. The summed E-state index contributed by atoms with van der Waals surface area (Å²) in [4.78, 5) is 27.8. The molecule has 2 fully saturated rings. The molecule has 23 heavy (non-hydrogen) atoms. The molecule has 1 N–H and O–H groups in total. The Hall–Kier alpha value is -1.89. The van der Waals surface area contributed by atoms with Gasteiger partial charge in [-0.3, -0.25) is 14.7 Å². The standard InChI is InChI=1S/C16H24N4O3/c1-4-12-11(2)14(18-17-12)15(22)20-7-5-16(6-8-20)10-19(3)13(21)9-23-16/h4-10H2,1-3H3,(H,17,18). The average molecular weight is 320 g/mol. The van der Waals surface area contributed by atoms with Crippen LogP contribution in [0.1, 0.15) is 41.5 Å². The summed E-state index contributed by atoms with van der Waals surface area (Å²) in [5.41, 5.74) is 2.18. The maximum atomic E-state index is 12.7. The molecule has 0 saturated carbocycles. The molecule has 0 radical (unpaired) electrons. The largest absolute Gasteiger partial charge is 0.363 e. The molecule has 2 aliphatic heterocycles. The maximum Gasteiger partial charge on any atom is 0.274 e. The Balaban J connectivity index is 1.65. The second-order valence-corrected chi connectivity index (χ2v) is 6.54. The first-order valence-electron chi connectivity index (χ1n) is 8.17. The molecular weight excluding hydrogens is 296 g/mol. The summed E-state index contributed by atoms with van der Waals surface area (Å²) in [5, 5.41) is 7.13. The minimum absolute atomic E-state index is 0.0199. The zero-order valence-corrected chi connectivity index (χ0v) is 14.0. The van der Waals surface area contributed by atoms with E-state index in [1.54, 1.807) is 4.90 Å². The summed E-state index contributed by atoms with van der Waals surface area (Å²) in [7, 11) is 1.81. The van der Waals surface area contributed by atoms with Gasteiger partial charge in [-0.25, -0.2) is 0 Å². The van der Waals surface area contributed by atoms with E-state index in [1.807, 2.05) is 25.8 Å². The van der Waals surface area contributed by atoms with Crippen molar-refractivity contribution in [3.8, 4) is 0 Å². The van der Waals surface area contributed by atoms with Gasteiger partial charge in [-0.05, 0) is 26.2 Å². The molecule has 2 amide bonds. The van der Waals surface area contributed by atoms with Gasteiger partial charge in [0.05, 0.1) is 5.60 Å². The van der Waals surface area contributed by atoms with Crippen molar-refractivity contribution in [2.45, 2.75) is 38.7 Å². The number of morpholine rings is 1. The van der Waals surface area contributed by atoms with E-state index in [0.29, 0.717) is 25.3 Å². The van der Waals surface area contributed by atoms with E-state index in [9.17, 15) is 9.59 Å². The first-order valence-corrected chi connectivity index (χ1v) is 8.17. The molecule has 126 valence electrons. The van der Waals surface area contributed by atoms with Crippen LogP contribution in [0.4, 0.5) is 0 Å². The Labute approximate surface area is 136 Å². The first-order chi connectivity index (χ1) is 11.0. The topological polar surface area (TPSA) is 78.5 Å². The van der Waals surface area contributed by atoms with E-state index in [1.165, 1.54) is 0 Å². The highest BCUT2D eigenvalue weighted by atomic mass is 16.5. The lowest BCUT2D eigenvalue weighted by Gasteiger charge is -2.46. The number of carbonyl (C=O) groups is 2. The molecule has 2 saturated heterocycles. The number of nitrogens with zero attached hydrogens (tertiary/aromatic N) is 3. The molecule has 0 atom stereocenters. The van der Waals surface area contributed by atoms with Gasteiger partial charge in [0.1, 0.15) is 6.61 Å². The molecule has 0 aromatic carbocycles. The Kier molecular flexibility index (Phi) is 4.14. The third kappa shape index (κ3) is 2.85. The predicted molar refractivity (Wildman–Crippen MR) is 84.2 cm³/mol. The number of hydrogen-bond donors (Lipinski definition) is 1. The van der Waals surface area contributed by atoms with Crippen LogP contribution in [0.25, 0.3) is 0 Å². The number of ether oxygens (including phenoxy) is 1. The van der Waals surface area contributed by atoms with Crippen molar-refractivity contribution < 1.29 is 14.3 Å². The van der Waals surface area contributed by atoms with Crippen molar-refractivity contribution in [2.75, 3.05) is 33.3 Å². The summed E-state index contributed by atoms with van der Waals surface area (Å²) in [6.45, 7) is 5.99. The lowest BCUT2D eigenvalue weighted by molar-refractivity contribution is -0.167. The number of carbonyl (C=O) groups excluding carboxylic acids is 2. The Morgan fingerprint density at radius 3 is 2.65 bits per heavy atom. The van der Waals surface area contributed by atoms with Gasteiger partial charge in [-0.15, -0.1) is 0 Å². The summed E-state index contributed by atoms with van der Waals surface area (Å²) in [6.07, 6.45) is 2.34. The highest BCUT2D eigenvalue weighted by molar-refractivity contribution is 5.94. The fourth-order valence-electron chi connectivity index (χ4n) is 3.45. The summed E-state index contributed by atoms with van der Waals surface area (Å²) in [6, 6.07) is 0. The van der Waals surface area contributed by atoms with E-state index < -0.39 is 0 Å². The van der Waals surface area contributed by atoms with Crippen molar-refractivity contribution >= 4 is 11.8 Å². The number of likely N-dealkylation sites (tertiary alicyclic amines) is 1. The van der Waals surface area contributed by atoms with Crippen LogP contribution >= 0.6 is 0 Å². The number of nitrogens with one attached hydrogen (secondary N) is 1. The molecule has 1 aromatic rings. The van der Waals surface area contributed by atoms with Gasteiger partial charge in [0, 0.05) is 37.9 Å². The molecule has 3 heterocycles. The zero-order chi connectivity index (χ0) is 16.6. The number of rotatable bonds is 2. The number of piperidine rings is 1. The summed E-state index contributed by atoms with van der Waals surface area (Å²) >= 11 is 0. The molecule has 0 unspecified atom stereocenters. The van der Waals surface area contributed by atoms with Gasteiger partial charge < -0.3 is 14.5 Å². The maximum absolute atomic E-state index is 12.7. The number of hydrogen-bond acceptors (Lipinski definition) is 4. The van der Waals surface area contributed by atoms with Gasteiger partial charge in [-0.1, -0.05) is 6.92 Å². The number of H-pyrrole nitrogens is 1. The quantitative estimate of drug-likeness (QED) is 0.872. The van der Waals surface area contributed by atoms with Crippen molar-refractivity contribution in [1.29, 1.82) is 0 Å². The Bertz CT molecular complexity index is 617. The first kappa shape index (κ1) is 16.0. The van der Waals surface area contributed by atoms with Crippen LogP contribution in [0.2, 0.25) is 0 Å². The van der Waals surface area contributed by atoms with E-state index in [2.05, 4.69) is 10.2 Å². The molecular formula is C16H24N4O3. The minimum Gasteiger partial charge on any atom is -0.363 e. The van der Waals surface area contributed by atoms with Crippen LogP contribution in [0.15, 0.2) is 0 Å². The molecule has 3 rings (SSSR count). The third-order valence-corrected chi connectivity index (χ3v) is 5.08. The van der Waals surface area contributed by atoms with Crippen LogP contribution in [0.5, 0.6) is 0 Å². The Morgan fingerprint density at radius 1 is 1.39 bits per heavy atom. The number of aryl methyl sites for hydroxylation is 1. The Morgan fingerprint density at radius 2 is 2.09 bits per heavy atom. The number of amides is 2. The monoisotopic (exact) mass is 320 g/mol. The van der Waals surface area contributed by atoms with Crippen molar-refractivity contribution in [1.82, 2.24) is 20.0 Å². The van der Waals surface area contributed by atoms with Gasteiger partial charge in [0.2, 0.25) is 5.91 Å². The second kappa shape index (κ2) is 5.96. The average Bonchev–Trinajstić information content (AvgIpc) is 2.92. The summed E-state index contributed by atoms with van der Waals surface area (Å²) in [5.74, 6) is 0.00177. The van der Waals surface area contributed by atoms with E-state index >= 15 is 0 Å². The fourth-order valence-corrected chi connectivity index (χ4v) is 3.45. The van der Waals surface area contributed by atoms with Crippen LogP contribution in [0.3, 0.4) is 0 Å². The molecule has 1 spiro atoms. The third-order valence-electron chi connectivity index (χ3n) is 5.08. The van der Waals surface area contributed by atoms with Crippen molar-refractivity contribution in [3.63, 3.8) is 0 Å². The van der Waals surface area contributed by atoms with Crippen LogP contribution in [-0.4, -0.2) is 70.7 Å². The van der Waals surface area contributed by atoms with Crippen LogP contribution in [-0.2, 0) is 16.0 Å². The van der Waals surface area contributed by atoms with Gasteiger partial charge in [-0.2, -0.15) is 5.10 Å². The van der Waals surface area contributed by atoms with E-state index in [4.69, 9.17) is 4.74 Å². The predicted octanol–water partition coefficient (Wildman–Crippen LogP) is 0.744. The van der Waals surface area contributed by atoms with E-state index in [-0.39, 0.29) is 24.0 Å². The number of aromatic nitrogens is 2. The smallest absolute Gasteiger partial charge is 0.274 e. The van der Waals surface area contributed by atoms with Gasteiger partial charge >= 0.3 is 0 Å². The van der Waals surface area contributed by atoms with Crippen molar-refractivity contribution in [2.24, 2.45) is 0 Å². The van der Waals surface area contributed by atoms with Gasteiger partial charge in [0.15, 0.2) is 5.69 Å². The van der Waals surface area contributed by atoms with Crippen molar-refractivity contribution in [3.05, 3.63) is 17.0 Å². The lowest BCUT2D eigenvalue weighted by Crippen LogP contribution is -2.58.